The molecule has 2 heterocycles. The monoisotopic (exact) mass is 311 g/mol. The van der Waals surface area contributed by atoms with E-state index in [1.165, 1.54) is 5.06 Å². The van der Waals surface area contributed by atoms with Gasteiger partial charge in [0.2, 0.25) is 0 Å². The van der Waals surface area contributed by atoms with E-state index in [1.54, 1.807) is 0 Å². The molecule has 120 valence electrons. The average molecular weight is 311 g/mol. The van der Waals surface area contributed by atoms with Crippen LogP contribution in [0.25, 0.3) is 0 Å². The molecule has 2 atom stereocenters. The lowest BCUT2D eigenvalue weighted by atomic mass is 9.85. The minimum absolute atomic E-state index is 0.145. The lowest BCUT2D eigenvalue weighted by Crippen LogP contribution is -2.47. The van der Waals surface area contributed by atoms with Crippen LogP contribution in [0.3, 0.4) is 0 Å². The molecule has 1 N–H and O–H groups in total. The number of hydrogen-bond donors (Lipinski definition) is 1. The summed E-state index contributed by atoms with van der Waals surface area (Å²) in [6.45, 7) is 1.24. The van der Waals surface area contributed by atoms with Gasteiger partial charge in [0.05, 0.1) is 25.3 Å². The minimum atomic E-state index is -0.597. The van der Waals surface area contributed by atoms with Crippen molar-refractivity contribution in [2.75, 3.05) is 13.2 Å². The quantitative estimate of drug-likeness (QED) is 0.918. The molecule has 4 rings (SSSR count). The van der Waals surface area contributed by atoms with Crippen LogP contribution in [0.4, 0.5) is 0 Å². The van der Waals surface area contributed by atoms with Crippen molar-refractivity contribution in [2.45, 2.75) is 30.7 Å². The first-order valence-electron chi connectivity index (χ1n) is 8.12. The summed E-state index contributed by atoms with van der Waals surface area (Å²) in [5.74, 6) is -0.597. The van der Waals surface area contributed by atoms with Gasteiger partial charge in [-0.1, -0.05) is 60.7 Å². The number of hydroxylamine groups is 2. The van der Waals surface area contributed by atoms with Gasteiger partial charge in [-0.15, -0.1) is 0 Å². The fourth-order valence-corrected chi connectivity index (χ4v) is 3.70. The normalized spacial score (nSPS) is 27.3. The summed E-state index contributed by atoms with van der Waals surface area (Å²) in [6.07, 6.45) is 1.27. The zero-order valence-corrected chi connectivity index (χ0v) is 13.0. The minimum Gasteiger partial charge on any atom is -0.347 e. The van der Waals surface area contributed by atoms with E-state index < -0.39 is 5.79 Å². The van der Waals surface area contributed by atoms with Crippen LogP contribution in [0.2, 0.25) is 0 Å². The molecule has 2 aliphatic rings. The highest BCUT2D eigenvalue weighted by Crippen LogP contribution is 2.48. The first-order valence-corrected chi connectivity index (χ1v) is 8.12. The maximum Gasteiger partial charge on any atom is 0.172 e. The third kappa shape index (κ3) is 2.79. The predicted octanol–water partition coefficient (Wildman–Crippen LogP) is 3.70. The second-order valence-corrected chi connectivity index (χ2v) is 6.25. The molecule has 0 bridgehead atoms. The van der Waals surface area contributed by atoms with Crippen molar-refractivity contribution >= 4 is 0 Å². The molecule has 2 saturated heterocycles. The molecule has 23 heavy (non-hydrogen) atoms. The van der Waals surface area contributed by atoms with Crippen LogP contribution in [0.5, 0.6) is 0 Å². The van der Waals surface area contributed by atoms with Crippen molar-refractivity contribution in [3.05, 3.63) is 71.8 Å². The van der Waals surface area contributed by atoms with Crippen LogP contribution in [-0.4, -0.2) is 29.3 Å². The summed E-state index contributed by atoms with van der Waals surface area (Å²) >= 11 is 0. The summed E-state index contributed by atoms with van der Waals surface area (Å²) in [6, 6.07) is 19.9. The van der Waals surface area contributed by atoms with Gasteiger partial charge in [0.15, 0.2) is 5.79 Å². The highest BCUT2D eigenvalue weighted by Gasteiger charge is 2.49. The molecule has 4 nitrogen and oxygen atoms in total. The van der Waals surface area contributed by atoms with E-state index in [0.29, 0.717) is 26.1 Å². The van der Waals surface area contributed by atoms with Crippen molar-refractivity contribution in [1.29, 1.82) is 0 Å². The van der Waals surface area contributed by atoms with Crippen LogP contribution >= 0.6 is 0 Å². The Morgan fingerprint density at radius 2 is 1.22 bits per heavy atom. The number of benzene rings is 2. The van der Waals surface area contributed by atoms with Crippen molar-refractivity contribution in [3.63, 3.8) is 0 Å². The third-order valence-corrected chi connectivity index (χ3v) is 4.83. The summed E-state index contributed by atoms with van der Waals surface area (Å²) in [5.41, 5.74) is 2.16. The van der Waals surface area contributed by atoms with Gasteiger partial charge in [-0.3, -0.25) is 0 Å². The zero-order chi connectivity index (χ0) is 15.7. The van der Waals surface area contributed by atoms with Crippen LogP contribution in [0.1, 0.15) is 36.1 Å². The molecule has 0 saturated carbocycles. The fraction of sp³-hybridized carbons (Fsp3) is 0.368. The maximum absolute atomic E-state index is 10.9. The van der Waals surface area contributed by atoms with Crippen molar-refractivity contribution in [1.82, 2.24) is 5.06 Å². The van der Waals surface area contributed by atoms with Gasteiger partial charge < -0.3 is 14.7 Å². The number of ether oxygens (including phenoxy) is 2. The number of piperidine rings is 1. The third-order valence-electron chi connectivity index (χ3n) is 4.83. The summed E-state index contributed by atoms with van der Waals surface area (Å²) < 4.78 is 11.9. The molecule has 2 unspecified atom stereocenters. The van der Waals surface area contributed by atoms with Gasteiger partial charge >= 0.3 is 0 Å². The molecular weight excluding hydrogens is 290 g/mol. The predicted molar refractivity (Wildman–Crippen MR) is 85.9 cm³/mol. The Balaban J connectivity index is 1.71. The molecule has 0 amide bonds. The van der Waals surface area contributed by atoms with E-state index in [4.69, 9.17) is 9.47 Å². The molecular formula is C19H21NO3. The summed E-state index contributed by atoms with van der Waals surface area (Å²) in [4.78, 5) is 0. The first kappa shape index (κ1) is 14.8. The van der Waals surface area contributed by atoms with Gasteiger partial charge in [0, 0.05) is 12.8 Å². The smallest absolute Gasteiger partial charge is 0.172 e. The van der Waals surface area contributed by atoms with Crippen LogP contribution in [-0.2, 0) is 9.47 Å². The number of nitrogens with zero attached hydrogens (tertiary/aromatic N) is 1. The lowest BCUT2D eigenvalue weighted by molar-refractivity contribution is -0.273. The molecule has 2 aromatic carbocycles. The maximum atomic E-state index is 10.9. The Morgan fingerprint density at radius 1 is 0.783 bits per heavy atom. The van der Waals surface area contributed by atoms with Gasteiger partial charge in [0.25, 0.3) is 0 Å². The van der Waals surface area contributed by atoms with Crippen molar-refractivity contribution in [2.24, 2.45) is 0 Å². The summed E-state index contributed by atoms with van der Waals surface area (Å²) in [5, 5.41) is 12.4. The Hall–Kier alpha value is -1.72. The lowest BCUT2D eigenvalue weighted by Gasteiger charge is -2.45. The van der Waals surface area contributed by atoms with E-state index >= 15 is 0 Å². The van der Waals surface area contributed by atoms with E-state index in [2.05, 4.69) is 0 Å². The van der Waals surface area contributed by atoms with Gasteiger partial charge in [-0.05, 0) is 11.1 Å². The molecule has 2 fully saturated rings. The van der Waals surface area contributed by atoms with E-state index in [-0.39, 0.29) is 12.1 Å². The molecule has 0 aliphatic carbocycles. The van der Waals surface area contributed by atoms with Crippen LogP contribution in [0.15, 0.2) is 60.7 Å². The Kier molecular flexibility index (Phi) is 3.91. The summed E-state index contributed by atoms with van der Waals surface area (Å²) in [7, 11) is 0. The molecule has 2 aromatic rings. The van der Waals surface area contributed by atoms with Crippen LogP contribution in [0, 0.1) is 0 Å². The van der Waals surface area contributed by atoms with E-state index in [0.717, 1.165) is 11.1 Å². The second-order valence-electron chi connectivity index (χ2n) is 6.25. The van der Waals surface area contributed by atoms with Crippen LogP contribution < -0.4 is 0 Å². The highest BCUT2D eigenvalue weighted by molar-refractivity contribution is 5.24. The first-order chi connectivity index (χ1) is 11.3. The second kappa shape index (κ2) is 6.06. The molecule has 4 heteroatoms. The van der Waals surface area contributed by atoms with Gasteiger partial charge in [0.1, 0.15) is 0 Å². The largest absolute Gasteiger partial charge is 0.347 e. The van der Waals surface area contributed by atoms with E-state index in [9.17, 15) is 5.21 Å². The Bertz CT molecular complexity index is 589. The van der Waals surface area contributed by atoms with E-state index in [1.807, 2.05) is 60.7 Å². The zero-order valence-electron chi connectivity index (χ0n) is 13.0. The van der Waals surface area contributed by atoms with Gasteiger partial charge in [-0.25, -0.2) is 0 Å². The molecule has 2 aliphatic heterocycles. The number of rotatable bonds is 2. The van der Waals surface area contributed by atoms with Gasteiger partial charge in [-0.2, -0.15) is 5.06 Å². The van der Waals surface area contributed by atoms with Crippen molar-refractivity contribution < 1.29 is 14.7 Å². The molecule has 0 aromatic heterocycles. The standard InChI is InChI=1S/C19H21NO3/c21-20-17(15-7-3-1-4-8-15)13-19(22-11-12-23-19)14-18(20)16-9-5-2-6-10-16/h1-10,17-18,21H,11-14H2. The number of hydrogen-bond acceptors (Lipinski definition) is 4. The molecule has 1 spiro atoms. The van der Waals surface area contributed by atoms with Crippen molar-refractivity contribution in [3.8, 4) is 0 Å². The highest BCUT2D eigenvalue weighted by atomic mass is 16.7. The Labute approximate surface area is 136 Å². The average Bonchev–Trinajstić information content (AvgIpc) is 3.06. The fourth-order valence-electron chi connectivity index (χ4n) is 3.70. The topological polar surface area (TPSA) is 41.9 Å². The SMILES string of the molecule is ON1C(c2ccccc2)CC2(CC1c1ccccc1)OCCO2. The Morgan fingerprint density at radius 3 is 1.65 bits per heavy atom. The molecule has 0 radical (unpaired) electrons.